The highest BCUT2D eigenvalue weighted by Gasteiger charge is 2.21. The fraction of sp³-hybridized carbons (Fsp3) is 0.368. The first kappa shape index (κ1) is 19.9. The number of ether oxygens (including phenoxy) is 2. The Morgan fingerprint density at radius 2 is 1.96 bits per heavy atom. The Morgan fingerprint density at radius 3 is 2.68 bits per heavy atom. The molecule has 0 aliphatic carbocycles. The highest BCUT2D eigenvalue weighted by Crippen LogP contribution is 2.34. The molecule has 0 fully saturated rings. The van der Waals surface area contributed by atoms with Crippen LogP contribution in [0.1, 0.15) is 18.5 Å². The van der Waals surface area contributed by atoms with Gasteiger partial charge in [-0.2, -0.15) is 0 Å². The number of nitrogens with zero attached hydrogens (tertiary/aromatic N) is 2. The molecule has 2 heterocycles. The van der Waals surface area contributed by atoms with Gasteiger partial charge < -0.3 is 14.8 Å². The van der Waals surface area contributed by atoms with E-state index in [-0.39, 0.29) is 18.9 Å². The number of carbonyl (C=O) groups excluding carboxylic acids is 1. The standard InChI is InChI=1S/C19H23N3O5S/c1-28(24,25)22(16-7-8-17-18(13-16)27-12-11-26-17)10-4-6-19(23)21-14-15-5-2-3-9-20-15/h2-3,5,7-9,13H,4,6,10-12,14H2,1H3,(H,21,23). The van der Waals surface area contributed by atoms with E-state index < -0.39 is 10.0 Å². The van der Waals surface area contributed by atoms with Crippen molar-refractivity contribution in [2.75, 3.05) is 30.3 Å². The minimum absolute atomic E-state index is 0.152. The van der Waals surface area contributed by atoms with Gasteiger partial charge in [0.05, 0.1) is 24.2 Å². The van der Waals surface area contributed by atoms with Gasteiger partial charge in [0.25, 0.3) is 0 Å². The summed E-state index contributed by atoms with van der Waals surface area (Å²) in [4.78, 5) is 16.2. The number of benzene rings is 1. The molecule has 1 aromatic heterocycles. The summed E-state index contributed by atoms with van der Waals surface area (Å²) >= 11 is 0. The van der Waals surface area contributed by atoms with Gasteiger partial charge in [-0.3, -0.25) is 14.1 Å². The third kappa shape index (κ3) is 5.35. The van der Waals surface area contributed by atoms with E-state index >= 15 is 0 Å². The van der Waals surface area contributed by atoms with Gasteiger partial charge in [-0.05, 0) is 30.7 Å². The molecule has 9 heteroatoms. The van der Waals surface area contributed by atoms with Gasteiger partial charge in [0.1, 0.15) is 13.2 Å². The summed E-state index contributed by atoms with van der Waals surface area (Å²) in [6, 6.07) is 10.5. The maximum Gasteiger partial charge on any atom is 0.232 e. The monoisotopic (exact) mass is 405 g/mol. The molecule has 0 saturated carbocycles. The summed E-state index contributed by atoms with van der Waals surface area (Å²) in [5.41, 5.74) is 1.26. The van der Waals surface area contributed by atoms with Crippen LogP contribution in [0, 0.1) is 0 Å². The molecule has 0 saturated heterocycles. The number of fused-ring (bicyclic) bond motifs is 1. The van der Waals surface area contributed by atoms with Crippen LogP contribution >= 0.6 is 0 Å². The van der Waals surface area contributed by atoms with E-state index in [4.69, 9.17) is 9.47 Å². The van der Waals surface area contributed by atoms with Crippen LogP contribution in [0.4, 0.5) is 5.69 Å². The van der Waals surface area contributed by atoms with Crippen molar-refractivity contribution < 1.29 is 22.7 Å². The number of anilines is 1. The first-order chi connectivity index (χ1) is 13.4. The second kappa shape index (κ2) is 8.92. The third-order valence-electron chi connectivity index (χ3n) is 4.17. The topological polar surface area (TPSA) is 97.8 Å². The SMILES string of the molecule is CS(=O)(=O)N(CCCC(=O)NCc1ccccn1)c1ccc2c(c1)OCCO2. The Balaban J connectivity index is 1.57. The van der Waals surface area contributed by atoms with Crippen molar-refractivity contribution in [1.82, 2.24) is 10.3 Å². The highest BCUT2D eigenvalue weighted by molar-refractivity contribution is 7.92. The minimum atomic E-state index is -3.50. The van der Waals surface area contributed by atoms with E-state index in [0.717, 1.165) is 11.9 Å². The molecule has 0 atom stereocenters. The zero-order valence-electron chi connectivity index (χ0n) is 15.6. The molecule has 1 amide bonds. The van der Waals surface area contributed by atoms with Crippen molar-refractivity contribution in [3.63, 3.8) is 0 Å². The predicted molar refractivity (Wildman–Crippen MR) is 105 cm³/mol. The van der Waals surface area contributed by atoms with Gasteiger partial charge in [0.15, 0.2) is 11.5 Å². The van der Waals surface area contributed by atoms with Crippen LogP contribution in [0.15, 0.2) is 42.6 Å². The number of hydrogen-bond donors (Lipinski definition) is 1. The van der Waals surface area contributed by atoms with E-state index in [1.165, 1.54) is 4.31 Å². The van der Waals surface area contributed by atoms with Gasteiger partial charge in [-0.25, -0.2) is 8.42 Å². The number of sulfonamides is 1. The Hall–Kier alpha value is -2.81. The molecular weight excluding hydrogens is 382 g/mol. The lowest BCUT2D eigenvalue weighted by molar-refractivity contribution is -0.121. The van der Waals surface area contributed by atoms with Crippen molar-refractivity contribution in [2.45, 2.75) is 19.4 Å². The Bertz CT molecular complexity index is 918. The summed E-state index contributed by atoms with van der Waals surface area (Å²) in [7, 11) is -3.50. The number of rotatable bonds is 8. The molecule has 0 radical (unpaired) electrons. The van der Waals surface area contributed by atoms with E-state index in [0.29, 0.717) is 43.4 Å². The zero-order valence-corrected chi connectivity index (χ0v) is 16.4. The molecule has 1 aromatic carbocycles. The molecule has 1 aliphatic rings. The molecule has 2 aromatic rings. The second-order valence-corrected chi connectivity index (χ2v) is 8.27. The number of pyridine rings is 1. The van der Waals surface area contributed by atoms with Crippen LogP contribution in [0.3, 0.4) is 0 Å². The highest BCUT2D eigenvalue weighted by atomic mass is 32.2. The van der Waals surface area contributed by atoms with Gasteiger partial charge in [-0.1, -0.05) is 6.07 Å². The number of aromatic nitrogens is 1. The van der Waals surface area contributed by atoms with Gasteiger partial charge >= 0.3 is 0 Å². The normalized spacial score (nSPS) is 13.0. The summed E-state index contributed by atoms with van der Waals surface area (Å²) in [5.74, 6) is 0.962. The molecular formula is C19H23N3O5S. The maximum absolute atomic E-state index is 12.2. The number of carbonyl (C=O) groups is 1. The van der Waals surface area contributed by atoms with Crippen LogP contribution in [-0.2, 0) is 21.4 Å². The maximum atomic E-state index is 12.2. The van der Waals surface area contributed by atoms with Crippen LogP contribution in [0.5, 0.6) is 11.5 Å². The van der Waals surface area contributed by atoms with Gasteiger partial charge in [0, 0.05) is 25.2 Å². The average molecular weight is 405 g/mol. The average Bonchev–Trinajstić information content (AvgIpc) is 2.69. The summed E-state index contributed by atoms with van der Waals surface area (Å²) < 4.78 is 36.7. The largest absolute Gasteiger partial charge is 0.486 e. The molecule has 28 heavy (non-hydrogen) atoms. The molecule has 0 unspecified atom stereocenters. The van der Waals surface area contributed by atoms with Crippen LogP contribution in [0.25, 0.3) is 0 Å². The Kier molecular flexibility index (Phi) is 6.35. The molecule has 3 rings (SSSR count). The van der Waals surface area contributed by atoms with Crippen molar-refractivity contribution in [3.05, 3.63) is 48.3 Å². The summed E-state index contributed by atoms with van der Waals surface area (Å²) in [6.07, 6.45) is 3.41. The fourth-order valence-electron chi connectivity index (χ4n) is 2.84. The third-order valence-corrected chi connectivity index (χ3v) is 5.37. The Labute approximate surface area is 164 Å². The minimum Gasteiger partial charge on any atom is -0.486 e. The van der Waals surface area contributed by atoms with Crippen molar-refractivity contribution in [1.29, 1.82) is 0 Å². The molecule has 1 aliphatic heterocycles. The van der Waals surface area contributed by atoms with Gasteiger partial charge in [0.2, 0.25) is 15.9 Å². The van der Waals surface area contributed by atoms with Crippen LogP contribution in [0.2, 0.25) is 0 Å². The summed E-state index contributed by atoms with van der Waals surface area (Å²) in [5, 5.41) is 2.79. The molecule has 1 N–H and O–H groups in total. The van der Waals surface area contributed by atoms with E-state index in [1.54, 1.807) is 24.4 Å². The van der Waals surface area contributed by atoms with E-state index in [1.807, 2.05) is 18.2 Å². The predicted octanol–water partition coefficient (Wildman–Crippen LogP) is 1.72. The number of amides is 1. The first-order valence-electron chi connectivity index (χ1n) is 8.97. The summed E-state index contributed by atoms with van der Waals surface area (Å²) in [6.45, 7) is 1.43. The van der Waals surface area contributed by atoms with Crippen molar-refractivity contribution in [2.24, 2.45) is 0 Å². The fourth-order valence-corrected chi connectivity index (χ4v) is 3.79. The zero-order chi connectivity index (χ0) is 20.0. The van der Waals surface area contributed by atoms with Crippen LogP contribution in [-0.4, -0.2) is 45.3 Å². The van der Waals surface area contributed by atoms with Crippen molar-refractivity contribution >= 4 is 21.6 Å². The smallest absolute Gasteiger partial charge is 0.232 e. The second-order valence-electron chi connectivity index (χ2n) is 6.36. The molecule has 8 nitrogen and oxygen atoms in total. The van der Waals surface area contributed by atoms with Gasteiger partial charge in [-0.15, -0.1) is 0 Å². The van der Waals surface area contributed by atoms with Crippen LogP contribution < -0.4 is 19.1 Å². The Morgan fingerprint density at radius 1 is 1.18 bits per heavy atom. The first-order valence-corrected chi connectivity index (χ1v) is 10.8. The lowest BCUT2D eigenvalue weighted by Crippen LogP contribution is -2.32. The lowest BCUT2D eigenvalue weighted by Gasteiger charge is -2.25. The molecule has 150 valence electrons. The molecule has 0 bridgehead atoms. The number of nitrogens with one attached hydrogen (secondary N) is 1. The van der Waals surface area contributed by atoms with E-state index in [9.17, 15) is 13.2 Å². The van der Waals surface area contributed by atoms with E-state index in [2.05, 4.69) is 10.3 Å². The lowest BCUT2D eigenvalue weighted by atomic mass is 10.2. The quantitative estimate of drug-likeness (QED) is 0.718. The molecule has 0 spiro atoms. The van der Waals surface area contributed by atoms with Crippen molar-refractivity contribution in [3.8, 4) is 11.5 Å². The number of hydrogen-bond acceptors (Lipinski definition) is 6.